The zero-order valence-corrected chi connectivity index (χ0v) is 31.0. The molecular formula is C38H48N2O6S2. The number of esters is 2. The first-order valence-corrected chi connectivity index (χ1v) is 18.6. The number of benzene rings is 1. The minimum Gasteiger partial charge on any atom is -0.462 e. The lowest BCUT2D eigenvalue weighted by atomic mass is 9.72. The largest absolute Gasteiger partial charge is 0.462 e. The minimum atomic E-state index is -0.499. The lowest BCUT2D eigenvalue weighted by molar-refractivity contribution is 0.0516. The molecule has 258 valence electrons. The summed E-state index contributed by atoms with van der Waals surface area (Å²) >= 11 is 2.84. The fourth-order valence-electron chi connectivity index (χ4n) is 6.88. The zero-order chi connectivity index (χ0) is 35.0. The van der Waals surface area contributed by atoms with Gasteiger partial charge in [0.25, 0.3) is 11.8 Å². The van der Waals surface area contributed by atoms with Crippen LogP contribution >= 0.6 is 22.7 Å². The first kappa shape index (κ1) is 35.8. The quantitative estimate of drug-likeness (QED) is 0.228. The molecule has 2 N–H and O–H groups in total. The highest BCUT2D eigenvalue weighted by atomic mass is 32.1. The number of fused-ring (bicyclic) bond motifs is 2. The Bertz CT molecular complexity index is 1600. The molecule has 10 heteroatoms. The molecule has 2 aromatic heterocycles. The van der Waals surface area contributed by atoms with Gasteiger partial charge in [-0.2, -0.15) is 0 Å². The lowest BCUT2D eigenvalue weighted by Gasteiger charge is -2.33. The van der Waals surface area contributed by atoms with Crippen LogP contribution in [-0.2, 0) is 35.2 Å². The van der Waals surface area contributed by atoms with Crippen molar-refractivity contribution in [2.75, 3.05) is 23.8 Å². The summed E-state index contributed by atoms with van der Waals surface area (Å²) < 4.78 is 10.9. The van der Waals surface area contributed by atoms with Gasteiger partial charge in [0, 0.05) is 9.75 Å². The van der Waals surface area contributed by atoms with E-state index in [4.69, 9.17) is 9.47 Å². The molecule has 0 spiro atoms. The normalized spacial score (nSPS) is 17.6. The summed E-state index contributed by atoms with van der Waals surface area (Å²) in [6.45, 7) is 17.4. The summed E-state index contributed by atoms with van der Waals surface area (Å²) in [7, 11) is 0. The van der Waals surface area contributed by atoms with Crippen LogP contribution in [0.5, 0.6) is 0 Å². The monoisotopic (exact) mass is 692 g/mol. The van der Waals surface area contributed by atoms with Crippen molar-refractivity contribution in [1.82, 2.24) is 0 Å². The SMILES string of the molecule is CCOC(=O)c1c(NC(=O)c2ccccc2C(=O)Nc2sc3c(c2C(=O)OCC)CCC(C(C)(C)C)C3)sc2c1CCC(C(C)(C)C)C2. The number of ether oxygens (including phenoxy) is 2. The van der Waals surface area contributed by atoms with Gasteiger partial charge < -0.3 is 20.1 Å². The fraction of sp³-hybridized carbons (Fsp3) is 0.526. The van der Waals surface area contributed by atoms with Crippen LogP contribution in [0.2, 0.25) is 0 Å². The van der Waals surface area contributed by atoms with E-state index in [1.165, 1.54) is 22.7 Å². The van der Waals surface area contributed by atoms with Crippen molar-refractivity contribution in [3.63, 3.8) is 0 Å². The molecule has 2 atom stereocenters. The van der Waals surface area contributed by atoms with Crippen molar-refractivity contribution in [2.24, 2.45) is 22.7 Å². The van der Waals surface area contributed by atoms with Gasteiger partial charge in [-0.1, -0.05) is 53.7 Å². The fourth-order valence-corrected chi connectivity index (χ4v) is 9.51. The topological polar surface area (TPSA) is 111 Å². The minimum absolute atomic E-state index is 0.116. The Balaban J connectivity index is 1.44. The molecule has 0 saturated carbocycles. The number of hydrogen-bond acceptors (Lipinski definition) is 8. The Hall–Kier alpha value is -3.50. The highest BCUT2D eigenvalue weighted by Gasteiger charge is 2.36. The van der Waals surface area contributed by atoms with Crippen LogP contribution < -0.4 is 10.6 Å². The van der Waals surface area contributed by atoms with Crippen molar-refractivity contribution < 1.29 is 28.7 Å². The maximum atomic E-state index is 13.9. The number of thiophene rings is 2. The van der Waals surface area contributed by atoms with E-state index in [0.717, 1.165) is 59.4 Å². The summed E-state index contributed by atoms with van der Waals surface area (Å²) in [5, 5.41) is 6.82. The molecular weight excluding hydrogens is 645 g/mol. The smallest absolute Gasteiger partial charge is 0.341 e. The molecule has 2 heterocycles. The molecule has 2 aliphatic rings. The highest BCUT2D eigenvalue weighted by molar-refractivity contribution is 7.17. The van der Waals surface area contributed by atoms with Gasteiger partial charge in [0.2, 0.25) is 0 Å². The van der Waals surface area contributed by atoms with Crippen molar-refractivity contribution in [1.29, 1.82) is 0 Å². The Labute approximate surface area is 292 Å². The van der Waals surface area contributed by atoms with Gasteiger partial charge in [0.1, 0.15) is 10.0 Å². The second-order valence-corrected chi connectivity index (χ2v) is 17.1. The van der Waals surface area contributed by atoms with Crippen LogP contribution in [0.1, 0.15) is 131 Å². The molecule has 8 nitrogen and oxygen atoms in total. The van der Waals surface area contributed by atoms with Gasteiger partial charge in [-0.3, -0.25) is 9.59 Å². The van der Waals surface area contributed by atoms with Crippen LogP contribution in [0.15, 0.2) is 24.3 Å². The Morgan fingerprint density at radius 2 is 1.06 bits per heavy atom. The first-order valence-electron chi connectivity index (χ1n) is 17.0. The van der Waals surface area contributed by atoms with Crippen molar-refractivity contribution in [2.45, 2.75) is 93.9 Å². The first-order chi connectivity index (χ1) is 22.6. The Kier molecular flexibility index (Phi) is 10.6. The van der Waals surface area contributed by atoms with E-state index in [2.05, 4.69) is 52.2 Å². The molecule has 2 aliphatic carbocycles. The molecule has 0 fully saturated rings. The Morgan fingerprint density at radius 1 is 0.688 bits per heavy atom. The van der Waals surface area contributed by atoms with Gasteiger partial charge in [-0.25, -0.2) is 9.59 Å². The summed E-state index contributed by atoms with van der Waals surface area (Å²) in [6.07, 6.45) is 5.03. The number of anilines is 2. The number of amides is 2. The van der Waals surface area contributed by atoms with Crippen LogP contribution in [0.25, 0.3) is 0 Å². The number of carbonyl (C=O) groups is 4. The molecule has 5 rings (SSSR count). The molecule has 48 heavy (non-hydrogen) atoms. The molecule has 0 radical (unpaired) electrons. The molecule has 2 amide bonds. The van der Waals surface area contributed by atoms with Crippen LogP contribution in [0, 0.1) is 22.7 Å². The Morgan fingerprint density at radius 3 is 1.40 bits per heavy atom. The van der Waals surface area contributed by atoms with E-state index in [1.54, 1.807) is 38.1 Å². The second-order valence-electron chi connectivity index (χ2n) is 14.9. The van der Waals surface area contributed by atoms with E-state index in [-0.39, 0.29) is 35.2 Å². The van der Waals surface area contributed by atoms with Gasteiger partial charge in [-0.05, 0) is 98.3 Å². The zero-order valence-electron chi connectivity index (χ0n) is 29.4. The van der Waals surface area contributed by atoms with Gasteiger partial charge in [0.15, 0.2) is 0 Å². The van der Waals surface area contributed by atoms with E-state index in [0.29, 0.717) is 33.0 Å². The van der Waals surface area contributed by atoms with Crippen molar-refractivity contribution in [3.05, 3.63) is 67.4 Å². The molecule has 0 aliphatic heterocycles. The summed E-state index contributed by atoms with van der Waals surface area (Å²) in [5.41, 5.74) is 3.28. The number of rotatable bonds is 8. The molecule has 3 aromatic rings. The maximum Gasteiger partial charge on any atom is 0.341 e. The third-order valence-corrected chi connectivity index (χ3v) is 12.1. The lowest BCUT2D eigenvalue weighted by Crippen LogP contribution is -2.26. The van der Waals surface area contributed by atoms with E-state index in [1.807, 2.05) is 0 Å². The van der Waals surface area contributed by atoms with Crippen molar-refractivity contribution in [3.8, 4) is 0 Å². The summed E-state index contributed by atoms with van der Waals surface area (Å²) in [4.78, 5) is 56.4. The predicted molar refractivity (Wildman–Crippen MR) is 193 cm³/mol. The van der Waals surface area contributed by atoms with E-state index >= 15 is 0 Å². The average Bonchev–Trinajstić information content (AvgIpc) is 3.56. The van der Waals surface area contributed by atoms with Gasteiger partial charge in [-0.15, -0.1) is 22.7 Å². The third kappa shape index (κ3) is 7.39. The van der Waals surface area contributed by atoms with Crippen LogP contribution in [0.3, 0.4) is 0 Å². The van der Waals surface area contributed by atoms with Crippen molar-refractivity contribution >= 4 is 56.4 Å². The standard InChI is InChI=1S/C38H48N2O6S2/c1-9-45-35(43)29-25-17-15-21(37(3,4)5)19-27(25)47-33(29)39-31(41)23-13-11-12-14-24(23)32(42)40-34-30(36(44)46-10-2)26-18-16-22(38(6,7)8)20-28(26)48-34/h11-14,21-22H,9-10,15-20H2,1-8H3,(H,39,41)(H,40,42). The number of hydrogen-bond donors (Lipinski definition) is 2. The predicted octanol–water partition coefficient (Wildman–Crippen LogP) is 8.97. The van der Waals surface area contributed by atoms with Crippen LogP contribution in [0.4, 0.5) is 10.0 Å². The molecule has 1 aromatic carbocycles. The number of carbonyl (C=O) groups excluding carboxylic acids is 4. The van der Waals surface area contributed by atoms with E-state index < -0.39 is 23.8 Å². The molecule has 0 saturated heterocycles. The highest BCUT2D eigenvalue weighted by Crippen LogP contribution is 2.46. The maximum absolute atomic E-state index is 13.9. The third-order valence-electron chi connectivity index (χ3n) is 9.81. The van der Waals surface area contributed by atoms with E-state index in [9.17, 15) is 19.2 Å². The van der Waals surface area contributed by atoms with Gasteiger partial charge >= 0.3 is 11.9 Å². The van der Waals surface area contributed by atoms with Gasteiger partial charge in [0.05, 0.1) is 35.5 Å². The van der Waals surface area contributed by atoms with Crippen LogP contribution in [-0.4, -0.2) is 37.0 Å². The summed E-state index contributed by atoms with van der Waals surface area (Å²) in [5.74, 6) is -0.996. The average molecular weight is 693 g/mol. The molecule has 2 unspecified atom stereocenters. The molecule has 0 bridgehead atoms. The second kappa shape index (κ2) is 14.2. The number of nitrogens with one attached hydrogen (secondary N) is 2. The summed E-state index contributed by atoms with van der Waals surface area (Å²) in [6, 6.07) is 6.59.